The summed E-state index contributed by atoms with van der Waals surface area (Å²) < 4.78 is 1.22. The Morgan fingerprint density at radius 2 is 1.71 bits per heavy atom. The van der Waals surface area contributed by atoms with Gasteiger partial charge in [-0.25, -0.2) is 0 Å². The molecule has 0 aliphatic carbocycles. The maximum atomic E-state index is 12.4. The van der Waals surface area contributed by atoms with Crippen LogP contribution in [-0.2, 0) is 0 Å². The third-order valence-electron chi connectivity index (χ3n) is 3.58. The molecule has 0 saturated heterocycles. The average molecular weight is 342 g/mol. The van der Waals surface area contributed by atoms with Gasteiger partial charge in [0.25, 0.3) is 11.2 Å². The Hall–Kier alpha value is -2.99. The molecule has 0 bridgehead atoms. The molecular formula is C17H12ClN3O3. The number of rotatable bonds is 3. The fourth-order valence-electron chi connectivity index (χ4n) is 2.36. The first-order chi connectivity index (χ1) is 11.5. The monoisotopic (exact) mass is 341 g/mol. The SMILES string of the molecule is Cc1nn(-c2ccc([N+](=O)[O-])cc2)c(=O)cc1-c1ccc(Cl)cc1. The van der Waals surface area contributed by atoms with E-state index in [2.05, 4.69) is 5.10 Å². The molecule has 0 radical (unpaired) electrons. The summed E-state index contributed by atoms with van der Waals surface area (Å²) in [5.41, 5.74) is 2.33. The van der Waals surface area contributed by atoms with Gasteiger partial charge in [-0.3, -0.25) is 14.9 Å². The van der Waals surface area contributed by atoms with Gasteiger partial charge in [-0.05, 0) is 36.8 Å². The Morgan fingerprint density at radius 1 is 1.08 bits per heavy atom. The highest BCUT2D eigenvalue weighted by Gasteiger charge is 2.11. The zero-order valence-corrected chi connectivity index (χ0v) is 13.4. The predicted octanol–water partition coefficient (Wildman–Crippen LogP) is 3.77. The van der Waals surface area contributed by atoms with E-state index in [1.54, 1.807) is 19.1 Å². The molecule has 7 heteroatoms. The van der Waals surface area contributed by atoms with Crippen LogP contribution < -0.4 is 5.56 Å². The molecule has 0 spiro atoms. The van der Waals surface area contributed by atoms with Crippen molar-refractivity contribution < 1.29 is 4.92 Å². The first kappa shape index (κ1) is 15.9. The molecule has 0 fully saturated rings. The standard InChI is InChI=1S/C17H12ClN3O3/c1-11-16(12-2-4-13(18)5-3-12)10-17(22)20(19-11)14-6-8-15(9-7-14)21(23)24/h2-10H,1H3. The smallest absolute Gasteiger partial charge is 0.267 e. The van der Waals surface area contributed by atoms with Gasteiger partial charge in [-0.15, -0.1) is 0 Å². The van der Waals surface area contributed by atoms with E-state index < -0.39 is 4.92 Å². The van der Waals surface area contributed by atoms with Gasteiger partial charge in [0.2, 0.25) is 0 Å². The number of benzene rings is 2. The van der Waals surface area contributed by atoms with Gasteiger partial charge in [-0.1, -0.05) is 23.7 Å². The highest BCUT2D eigenvalue weighted by Crippen LogP contribution is 2.23. The zero-order valence-electron chi connectivity index (χ0n) is 12.6. The quantitative estimate of drug-likeness (QED) is 0.536. The molecular weight excluding hydrogens is 330 g/mol. The lowest BCUT2D eigenvalue weighted by Crippen LogP contribution is -2.21. The van der Waals surface area contributed by atoms with Gasteiger partial charge in [0.1, 0.15) is 0 Å². The average Bonchev–Trinajstić information content (AvgIpc) is 2.57. The Bertz CT molecular complexity index is 964. The van der Waals surface area contributed by atoms with E-state index in [-0.39, 0.29) is 11.2 Å². The van der Waals surface area contributed by atoms with Crippen molar-refractivity contribution in [1.29, 1.82) is 0 Å². The third kappa shape index (κ3) is 3.04. The first-order valence-electron chi connectivity index (χ1n) is 7.07. The van der Waals surface area contributed by atoms with Crippen LogP contribution >= 0.6 is 11.6 Å². The first-order valence-corrected chi connectivity index (χ1v) is 7.45. The van der Waals surface area contributed by atoms with Gasteiger partial charge < -0.3 is 0 Å². The highest BCUT2D eigenvalue weighted by atomic mass is 35.5. The molecule has 120 valence electrons. The lowest BCUT2D eigenvalue weighted by molar-refractivity contribution is -0.384. The number of aromatic nitrogens is 2. The van der Waals surface area contributed by atoms with Crippen molar-refractivity contribution in [2.45, 2.75) is 6.92 Å². The van der Waals surface area contributed by atoms with Crippen LogP contribution in [0.5, 0.6) is 0 Å². The van der Waals surface area contributed by atoms with Crippen molar-refractivity contribution in [3.63, 3.8) is 0 Å². The van der Waals surface area contributed by atoms with Gasteiger partial charge in [0.05, 0.1) is 16.3 Å². The Morgan fingerprint density at radius 3 is 2.29 bits per heavy atom. The fourth-order valence-corrected chi connectivity index (χ4v) is 2.49. The van der Waals surface area contributed by atoms with E-state index >= 15 is 0 Å². The summed E-state index contributed by atoms with van der Waals surface area (Å²) in [6.45, 7) is 1.80. The summed E-state index contributed by atoms with van der Waals surface area (Å²) in [5.74, 6) is 0. The van der Waals surface area contributed by atoms with Crippen LogP contribution in [0.1, 0.15) is 5.69 Å². The van der Waals surface area contributed by atoms with Crippen molar-refractivity contribution in [2.24, 2.45) is 0 Å². The molecule has 0 saturated carbocycles. The van der Waals surface area contributed by atoms with E-state index in [9.17, 15) is 14.9 Å². The Kier molecular flexibility index (Phi) is 4.14. The van der Waals surface area contributed by atoms with Crippen LogP contribution in [0.4, 0.5) is 5.69 Å². The molecule has 1 heterocycles. The summed E-state index contributed by atoms with van der Waals surface area (Å²) in [5, 5.41) is 15.6. The van der Waals surface area contributed by atoms with Crippen LogP contribution in [0.3, 0.4) is 0 Å². The van der Waals surface area contributed by atoms with Gasteiger partial charge in [0, 0.05) is 28.8 Å². The molecule has 3 rings (SSSR count). The molecule has 2 aromatic carbocycles. The number of nitro benzene ring substituents is 1. The topological polar surface area (TPSA) is 78.0 Å². The molecule has 24 heavy (non-hydrogen) atoms. The van der Waals surface area contributed by atoms with Crippen molar-refractivity contribution in [1.82, 2.24) is 9.78 Å². The number of nitro groups is 1. The summed E-state index contributed by atoms with van der Waals surface area (Å²) >= 11 is 5.88. The maximum absolute atomic E-state index is 12.4. The van der Waals surface area contributed by atoms with Crippen LogP contribution in [0, 0.1) is 17.0 Å². The second-order valence-electron chi connectivity index (χ2n) is 5.17. The Balaban J connectivity index is 2.05. The number of nitrogens with zero attached hydrogens (tertiary/aromatic N) is 3. The Labute approximate surface area is 142 Å². The normalized spacial score (nSPS) is 10.6. The minimum Gasteiger partial charge on any atom is -0.267 e. The van der Waals surface area contributed by atoms with Crippen molar-refractivity contribution in [3.05, 3.63) is 85.8 Å². The number of non-ortho nitro benzene ring substituents is 1. The molecule has 0 unspecified atom stereocenters. The van der Waals surface area contributed by atoms with Gasteiger partial charge in [0.15, 0.2) is 0 Å². The van der Waals surface area contributed by atoms with Crippen molar-refractivity contribution >= 4 is 17.3 Å². The van der Waals surface area contributed by atoms with E-state index in [1.165, 1.54) is 35.0 Å². The largest absolute Gasteiger partial charge is 0.272 e. The number of halogens is 1. The number of aryl methyl sites for hydroxylation is 1. The third-order valence-corrected chi connectivity index (χ3v) is 3.83. The van der Waals surface area contributed by atoms with Crippen molar-refractivity contribution in [3.8, 4) is 16.8 Å². The molecule has 0 aliphatic rings. The highest BCUT2D eigenvalue weighted by molar-refractivity contribution is 6.30. The summed E-state index contributed by atoms with van der Waals surface area (Å²) in [7, 11) is 0. The molecule has 1 aromatic heterocycles. The van der Waals surface area contributed by atoms with E-state index in [0.717, 1.165) is 11.1 Å². The summed E-state index contributed by atoms with van der Waals surface area (Å²) in [6, 6.07) is 14.3. The number of hydrogen-bond acceptors (Lipinski definition) is 4. The van der Waals surface area contributed by atoms with Crippen LogP contribution in [0.15, 0.2) is 59.4 Å². The molecule has 3 aromatic rings. The second-order valence-corrected chi connectivity index (χ2v) is 5.61. The van der Waals surface area contributed by atoms with E-state index in [4.69, 9.17) is 11.6 Å². The zero-order chi connectivity index (χ0) is 17.3. The number of hydrogen-bond donors (Lipinski definition) is 0. The summed E-state index contributed by atoms with van der Waals surface area (Å²) in [6.07, 6.45) is 0. The predicted molar refractivity (Wildman–Crippen MR) is 91.7 cm³/mol. The van der Waals surface area contributed by atoms with Crippen molar-refractivity contribution in [2.75, 3.05) is 0 Å². The van der Waals surface area contributed by atoms with Gasteiger partial charge >= 0.3 is 0 Å². The molecule has 0 atom stereocenters. The van der Waals surface area contributed by atoms with E-state index in [1.807, 2.05) is 12.1 Å². The maximum Gasteiger partial charge on any atom is 0.272 e. The molecule has 6 nitrogen and oxygen atoms in total. The minimum absolute atomic E-state index is 0.0405. The van der Waals surface area contributed by atoms with Gasteiger partial charge in [-0.2, -0.15) is 9.78 Å². The fraction of sp³-hybridized carbons (Fsp3) is 0.0588. The molecule has 0 amide bonds. The molecule has 0 aliphatic heterocycles. The lowest BCUT2D eigenvalue weighted by atomic mass is 10.1. The van der Waals surface area contributed by atoms with Crippen LogP contribution in [0.2, 0.25) is 5.02 Å². The summed E-state index contributed by atoms with van der Waals surface area (Å²) in [4.78, 5) is 22.6. The minimum atomic E-state index is -0.491. The lowest BCUT2D eigenvalue weighted by Gasteiger charge is -2.09. The van der Waals surface area contributed by atoms with E-state index in [0.29, 0.717) is 16.4 Å². The van der Waals surface area contributed by atoms with Crippen LogP contribution in [-0.4, -0.2) is 14.7 Å². The molecule has 0 N–H and O–H groups in total. The second kappa shape index (κ2) is 6.25. The van der Waals surface area contributed by atoms with Crippen LogP contribution in [0.25, 0.3) is 16.8 Å².